The molecule has 1 aliphatic rings. The van der Waals surface area contributed by atoms with Gasteiger partial charge in [-0.3, -0.25) is 9.97 Å². The average Bonchev–Trinajstić information content (AvgIpc) is 3.10. The van der Waals surface area contributed by atoms with Gasteiger partial charge in [0, 0.05) is 55.8 Å². The third-order valence-electron chi connectivity index (χ3n) is 7.76. The molecule has 0 bridgehead atoms. The van der Waals surface area contributed by atoms with Crippen LogP contribution >= 0.6 is 7.14 Å². The number of nitrogens with zero attached hydrogens (tertiary/aromatic N) is 2. The maximum absolute atomic E-state index is 15.8. The summed E-state index contributed by atoms with van der Waals surface area (Å²) in [5.74, 6) is 0. The lowest BCUT2D eigenvalue weighted by molar-refractivity contribution is 0.592. The first-order valence-electron chi connectivity index (χ1n) is 12.7. The summed E-state index contributed by atoms with van der Waals surface area (Å²) in [5.41, 5.74) is 5.73. The molecule has 2 aromatic heterocycles. The third kappa shape index (κ3) is 2.77. The summed E-state index contributed by atoms with van der Waals surface area (Å²) in [6, 6.07) is 38.8. The molecular formula is C34H21N2OP. The molecule has 3 heterocycles. The fraction of sp³-hybridized carbons (Fsp3) is 0. The van der Waals surface area contributed by atoms with Crippen molar-refractivity contribution in [3.63, 3.8) is 0 Å². The monoisotopic (exact) mass is 504 g/mol. The predicted molar refractivity (Wildman–Crippen MR) is 158 cm³/mol. The lowest BCUT2D eigenvalue weighted by atomic mass is 9.87. The van der Waals surface area contributed by atoms with Gasteiger partial charge in [-0.1, -0.05) is 97.1 Å². The minimum atomic E-state index is -3.29. The molecule has 0 radical (unpaired) electrons. The van der Waals surface area contributed by atoms with E-state index in [4.69, 9.17) is 9.97 Å². The van der Waals surface area contributed by atoms with E-state index in [1.165, 1.54) is 0 Å². The molecule has 0 fully saturated rings. The smallest absolute Gasteiger partial charge is 0.172 e. The largest absolute Gasteiger partial charge is 0.309 e. The molecular weight excluding hydrogens is 483 g/mol. The summed E-state index contributed by atoms with van der Waals surface area (Å²) < 4.78 is 15.8. The van der Waals surface area contributed by atoms with Crippen molar-refractivity contribution in [2.45, 2.75) is 0 Å². The molecule has 1 unspecified atom stereocenters. The van der Waals surface area contributed by atoms with Crippen molar-refractivity contribution in [1.29, 1.82) is 0 Å². The van der Waals surface area contributed by atoms with Crippen LogP contribution in [0.15, 0.2) is 128 Å². The highest BCUT2D eigenvalue weighted by Crippen LogP contribution is 2.55. The van der Waals surface area contributed by atoms with E-state index in [0.717, 1.165) is 70.7 Å². The first kappa shape index (κ1) is 21.5. The first-order chi connectivity index (χ1) is 18.8. The molecule has 0 amide bonds. The van der Waals surface area contributed by atoms with Crippen LogP contribution in [0, 0.1) is 0 Å². The number of aromatic nitrogens is 2. The molecule has 8 rings (SSSR count). The van der Waals surface area contributed by atoms with Crippen LogP contribution in [0.4, 0.5) is 0 Å². The van der Waals surface area contributed by atoms with Crippen LogP contribution in [0.25, 0.3) is 54.8 Å². The van der Waals surface area contributed by atoms with Crippen molar-refractivity contribution < 1.29 is 4.57 Å². The second-order valence-corrected chi connectivity index (χ2v) is 12.4. The minimum Gasteiger partial charge on any atom is -0.309 e. The highest BCUT2D eigenvalue weighted by atomic mass is 31.2. The molecule has 5 aromatic carbocycles. The molecule has 1 atom stereocenters. The van der Waals surface area contributed by atoms with Gasteiger partial charge in [-0.2, -0.15) is 0 Å². The average molecular weight is 505 g/mol. The molecule has 3 nitrogen and oxygen atoms in total. The van der Waals surface area contributed by atoms with Crippen LogP contribution in [0.3, 0.4) is 0 Å². The molecule has 7 aromatic rings. The number of hydrogen-bond acceptors (Lipinski definition) is 3. The van der Waals surface area contributed by atoms with Gasteiger partial charge < -0.3 is 4.57 Å². The fourth-order valence-corrected chi connectivity index (χ4v) is 9.24. The van der Waals surface area contributed by atoms with Gasteiger partial charge in [-0.15, -0.1) is 0 Å². The quantitative estimate of drug-likeness (QED) is 0.175. The Balaban J connectivity index is 1.73. The van der Waals surface area contributed by atoms with Crippen LogP contribution in [-0.4, -0.2) is 9.97 Å². The van der Waals surface area contributed by atoms with Crippen LogP contribution in [0.2, 0.25) is 0 Å². The van der Waals surface area contributed by atoms with E-state index in [2.05, 4.69) is 54.6 Å². The Morgan fingerprint density at radius 1 is 0.474 bits per heavy atom. The predicted octanol–water partition coefficient (Wildman–Crippen LogP) is 7.22. The second kappa shape index (κ2) is 7.95. The molecule has 0 saturated carbocycles. The van der Waals surface area contributed by atoms with Crippen molar-refractivity contribution in [2.24, 2.45) is 0 Å². The Morgan fingerprint density at radius 3 is 1.89 bits per heavy atom. The van der Waals surface area contributed by atoms with E-state index in [1.54, 1.807) is 0 Å². The maximum atomic E-state index is 15.8. The lowest BCUT2D eigenvalue weighted by Gasteiger charge is -2.23. The van der Waals surface area contributed by atoms with Crippen molar-refractivity contribution in [3.05, 3.63) is 128 Å². The number of rotatable bonds is 1. The van der Waals surface area contributed by atoms with Gasteiger partial charge in [0.2, 0.25) is 0 Å². The lowest BCUT2D eigenvalue weighted by Crippen LogP contribution is -2.26. The molecule has 0 aliphatic carbocycles. The maximum Gasteiger partial charge on any atom is 0.172 e. The Labute approximate surface area is 219 Å². The topological polar surface area (TPSA) is 42.9 Å². The van der Waals surface area contributed by atoms with Gasteiger partial charge >= 0.3 is 0 Å². The van der Waals surface area contributed by atoms with Crippen molar-refractivity contribution in [3.8, 4) is 22.3 Å². The molecule has 4 heteroatoms. The molecule has 0 N–H and O–H groups in total. The summed E-state index contributed by atoms with van der Waals surface area (Å²) in [5, 5.41) is 6.76. The van der Waals surface area contributed by atoms with Crippen molar-refractivity contribution in [2.75, 3.05) is 0 Å². The SMILES string of the molecule is O=P1(c2ccccc2)c2ccccc2-c2c(c3ncccc3c3cccnc23)-c2c1ccc1ccccc21. The van der Waals surface area contributed by atoms with Crippen LogP contribution in [0.1, 0.15) is 0 Å². The Morgan fingerprint density at radius 2 is 1.11 bits per heavy atom. The van der Waals surface area contributed by atoms with E-state index in [0.29, 0.717) is 0 Å². The highest BCUT2D eigenvalue weighted by Gasteiger charge is 2.39. The summed E-state index contributed by atoms with van der Waals surface area (Å²) in [6.07, 6.45) is 3.70. The Hall–Kier alpha value is -4.59. The number of fused-ring (bicyclic) bond motifs is 12. The molecule has 0 spiro atoms. The van der Waals surface area contributed by atoms with Crippen molar-refractivity contribution >= 4 is 55.6 Å². The van der Waals surface area contributed by atoms with Crippen LogP contribution in [0.5, 0.6) is 0 Å². The van der Waals surface area contributed by atoms with Crippen LogP contribution < -0.4 is 15.9 Å². The third-order valence-corrected chi connectivity index (χ3v) is 10.9. The number of pyridine rings is 2. The zero-order valence-electron chi connectivity index (χ0n) is 20.4. The Bertz CT molecular complexity index is 2120. The standard InChI is InChI=1S/C34H21N2OP/c37-38(23-11-2-1-3-12-23)28-17-7-6-14-27(28)31-32(30-24-13-5-4-10-22(24)18-19-29(30)38)34-26(16-9-21-36-34)25-15-8-20-35-33(25)31/h1-21H. The van der Waals surface area contributed by atoms with E-state index >= 15 is 4.57 Å². The molecule has 0 saturated heterocycles. The second-order valence-electron chi connectivity index (χ2n) is 9.69. The highest BCUT2D eigenvalue weighted by molar-refractivity contribution is 7.85. The first-order valence-corrected chi connectivity index (χ1v) is 14.4. The normalized spacial score (nSPS) is 16.1. The number of benzene rings is 5. The van der Waals surface area contributed by atoms with Gasteiger partial charge in [0.05, 0.1) is 11.0 Å². The van der Waals surface area contributed by atoms with Gasteiger partial charge in [0.15, 0.2) is 7.14 Å². The summed E-state index contributed by atoms with van der Waals surface area (Å²) in [7, 11) is -3.29. The zero-order valence-corrected chi connectivity index (χ0v) is 21.3. The summed E-state index contributed by atoms with van der Waals surface area (Å²) in [4.78, 5) is 9.91. The molecule has 1 aliphatic heterocycles. The molecule has 178 valence electrons. The van der Waals surface area contributed by atoms with Gasteiger partial charge in [-0.05, 0) is 34.5 Å². The van der Waals surface area contributed by atoms with E-state index < -0.39 is 7.14 Å². The molecule has 38 heavy (non-hydrogen) atoms. The Kier molecular flexibility index (Phi) is 4.50. The van der Waals surface area contributed by atoms with E-state index in [-0.39, 0.29) is 0 Å². The van der Waals surface area contributed by atoms with E-state index in [1.807, 2.05) is 73.1 Å². The van der Waals surface area contributed by atoms with Crippen LogP contribution in [-0.2, 0) is 4.57 Å². The summed E-state index contributed by atoms with van der Waals surface area (Å²) in [6.45, 7) is 0. The zero-order chi connectivity index (χ0) is 25.3. The number of hydrogen-bond donors (Lipinski definition) is 0. The fourth-order valence-electron chi connectivity index (χ4n) is 6.18. The van der Waals surface area contributed by atoms with Gasteiger partial charge in [0.1, 0.15) is 0 Å². The van der Waals surface area contributed by atoms with Crippen molar-refractivity contribution in [1.82, 2.24) is 9.97 Å². The minimum absolute atomic E-state index is 0.825. The summed E-state index contributed by atoms with van der Waals surface area (Å²) >= 11 is 0. The van der Waals surface area contributed by atoms with Gasteiger partial charge in [-0.25, -0.2) is 0 Å². The van der Waals surface area contributed by atoms with E-state index in [9.17, 15) is 0 Å². The van der Waals surface area contributed by atoms with Gasteiger partial charge in [0.25, 0.3) is 0 Å².